The zero-order chi connectivity index (χ0) is 37.9. The van der Waals surface area contributed by atoms with Crippen LogP contribution in [0.3, 0.4) is 0 Å². The van der Waals surface area contributed by atoms with Crippen molar-refractivity contribution in [2.75, 3.05) is 0 Å². The monoisotopic (exact) mass is 758 g/mol. The minimum atomic E-state index is 0.660. The summed E-state index contributed by atoms with van der Waals surface area (Å²) in [6, 6.07) is 64.6. The molecule has 0 aliphatic carbocycles. The van der Waals surface area contributed by atoms with Gasteiger partial charge >= 0.3 is 0 Å². The summed E-state index contributed by atoms with van der Waals surface area (Å²) in [5, 5.41) is 7.05. The molecule has 4 aromatic heterocycles. The molecule has 0 N–H and O–H groups in total. The van der Waals surface area contributed by atoms with Crippen molar-refractivity contribution in [2.24, 2.45) is 0 Å². The molecule has 0 bridgehead atoms. The first-order valence-electron chi connectivity index (χ1n) is 19.5. The fourth-order valence-electron chi connectivity index (χ4n) is 9.23. The van der Waals surface area contributed by atoms with Crippen molar-refractivity contribution in [1.82, 2.24) is 19.1 Å². The molecule has 0 fully saturated rings. The summed E-state index contributed by atoms with van der Waals surface area (Å²) in [7, 11) is 0. The van der Waals surface area contributed by atoms with E-state index in [1.807, 2.05) is 30.0 Å². The largest absolute Gasteiger partial charge is 0.452 e. The second-order valence-electron chi connectivity index (χ2n) is 14.9. The quantitative estimate of drug-likeness (QED) is 0.179. The summed E-state index contributed by atoms with van der Waals surface area (Å²) < 4.78 is 11.5. The van der Waals surface area contributed by atoms with E-state index < -0.39 is 0 Å². The number of aromatic nitrogens is 4. The molecular weight excluding hydrogens is 729 g/mol. The van der Waals surface area contributed by atoms with E-state index in [1.54, 1.807) is 0 Å². The lowest BCUT2D eigenvalue weighted by Crippen LogP contribution is -2.06. The van der Waals surface area contributed by atoms with E-state index >= 15 is 0 Å². The van der Waals surface area contributed by atoms with Crippen LogP contribution in [0.2, 0.25) is 0 Å². The maximum absolute atomic E-state index is 6.53. The minimum absolute atomic E-state index is 0.660. The number of nitrogens with zero attached hydrogens (tertiary/aromatic N) is 4. The second-order valence-corrected chi connectivity index (χ2v) is 16.0. The van der Waals surface area contributed by atoms with Crippen LogP contribution in [0.5, 0.6) is 0 Å². The van der Waals surface area contributed by atoms with E-state index in [4.69, 9.17) is 14.4 Å². The molecule has 1 aliphatic rings. The molecule has 270 valence electrons. The molecular formula is C52H30N4OS. The average molecular weight is 759 g/mol. The summed E-state index contributed by atoms with van der Waals surface area (Å²) in [5.41, 5.74) is 13.3. The highest BCUT2D eigenvalue weighted by Gasteiger charge is 2.29. The molecule has 5 nitrogen and oxygen atoms in total. The Labute approximate surface area is 336 Å². The Balaban J connectivity index is 1.04. The third kappa shape index (κ3) is 4.43. The Bertz CT molecular complexity index is 3660. The minimum Gasteiger partial charge on any atom is -0.452 e. The number of benzene rings is 8. The van der Waals surface area contributed by atoms with Gasteiger partial charge in [0.2, 0.25) is 0 Å². The molecule has 58 heavy (non-hydrogen) atoms. The molecule has 0 saturated heterocycles. The SMILES string of the molecule is c1ccc(-n2c3ccccc3c3c4cccc5c4n(c32)-c2cccc(-c3cccc(-c4nc(-c6cccc7ccccc67)c6oc7ccccc7c6n4)c3)c2S5)cc1. The van der Waals surface area contributed by atoms with E-state index in [1.165, 1.54) is 53.9 Å². The molecule has 0 atom stereocenters. The molecule has 0 radical (unpaired) electrons. The first kappa shape index (κ1) is 31.8. The molecule has 1 aliphatic heterocycles. The van der Waals surface area contributed by atoms with Crippen LogP contribution in [0.25, 0.3) is 111 Å². The van der Waals surface area contributed by atoms with Gasteiger partial charge in [-0.3, -0.25) is 9.13 Å². The van der Waals surface area contributed by atoms with Gasteiger partial charge in [0.15, 0.2) is 11.4 Å². The predicted molar refractivity (Wildman–Crippen MR) is 238 cm³/mol. The highest BCUT2D eigenvalue weighted by atomic mass is 32.2. The Hall–Kier alpha value is -7.41. The maximum atomic E-state index is 6.53. The maximum Gasteiger partial charge on any atom is 0.180 e. The zero-order valence-electron chi connectivity index (χ0n) is 30.9. The van der Waals surface area contributed by atoms with Crippen LogP contribution in [0.4, 0.5) is 0 Å². The van der Waals surface area contributed by atoms with Crippen molar-refractivity contribution < 1.29 is 4.42 Å². The van der Waals surface area contributed by atoms with E-state index in [2.05, 4.69) is 173 Å². The van der Waals surface area contributed by atoms with Crippen molar-refractivity contribution in [3.05, 3.63) is 182 Å². The summed E-state index contributed by atoms with van der Waals surface area (Å²) in [5.74, 6) is 0.660. The van der Waals surface area contributed by atoms with Gasteiger partial charge in [0.05, 0.1) is 16.7 Å². The Kier molecular flexibility index (Phi) is 6.60. The standard InChI is InChI=1S/C52H30N4OS/c1-2-18-34(19-3-1)55-41-26-8-6-21-38(41)45-40-25-13-29-44-48(40)56(52(45)55)42-27-12-23-36(50(42)58-44)32-16-10-17-33(30-32)51-53-46(37-24-11-15-31-14-4-5-20-35(31)37)49-47(54-51)39-22-7-9-28-43(39)57-49/h1-30H. The van der Waals surface area contributed by atoms with Crippen LogP contribution in [0.1, 0.15) is 0 Å². The summed E-state index contributed by atoms with van der Waals surface area (Å²) >= 11 is 1.86. The number of hydrogen-bond donors (Lipinski definition) is 0. The summed E-state index contributed by atoms with van der Waals surface area (Å²) in [6.45, 7) is 0. The molecule has 0 saturated carbocycles. The third-order valence-corrected chi connectivity index (χ3v) is 12.9. The van der Waals surface area contributed by atoms with Gasteiger partial charge in [0, 0.05) is 48.2 Å². The van der Waals surface area contributed by atoms with E-state index in [0.717, 1.165) is 55.3 Å². The average Bonchev–Trinajstić information content (AvgIpc) is 3.95. The summed E-state index contributed by atoms with van der Waals surface area (Å²) in [4.78, 5) is 13.0. The lowest BCUT2D eigenvalue weighted by molar-refractivity contribution is 0.667. The molecule has 8 aromatic carbocycles. The zero-order valence-corrected chi connectivity index (χ0v) is 31.7. The number of fused-ring (bicyclic) bond motifs is 11. The van der Waals surface area contributed by atoms with Gasteiger partial charge < -0.3 is 4.42 Å². The number of rotatable bonds is 4. The normalized spacial score (nSPS) is 12.4. The van der Waals surface area contributed by atoms with Crippen LogP contribution in [0, 0.1) is 0 Å². The Morgan fingerprint density at radius 3 is 2.16 bits per heavy atom. The van der Waals surface area contributed by atoms with Gasteiger partial charge in [-0.2, -0.15) is 0 Å². The molecule has 0 unspecified atom stereocenters. The van der Waals surface area contributed by atoms with Crippen molar-refractivity contribution in [3.8, 4) is 45.1 Å². The van der Waals surface area contributed by atoms with Gasteiger partial charge in [-0.1, -0.05) is 145 Å². The van der Waals surface area contributed by atoms with Gasteiger partial charge in [0.1, 0.15) is 22.4 Å². The van der Waals surface area contributed by atoms with Gasteiger partial charge in [-0.15, -0.1) is 0 Å². The molecule has 13 rings (SSSR count). The van der Waals surface area contributed by atoms with Gasteiger partial charge in [0.25, 0.3) is 0 Å². The highest BCUT2D eigenvalue weighted by molar-refractivity contribution is 8.00. The number of furan rings is 1. The Morgan fingerprint density at radius 1 is 0.517 bits per heavy atom. The lowest BCUT2D eigenvalue weighted by atomic mass is 10.00. The molecule has 6 heteroatoms. The van der Waals surface area contributed by atoms with Crippen LogP contribution in [-0.2, 0) is 0 Å². The molecule has 0 amide bonds. The van der Waals surface area contributed by atoms with Gasteiger partial charge in [-0.05, 0) is 70.4 Å². The third-order valence-electron chi connectivity index (χ3n) is 11.7. The fourth-order valence-corrected chi connectivity index (χ4v) is 10.4. The van der Waals surface area contributed by atoms with Crippen LogP contribution in [-0.4, -0.2) is 19.1 Å². The Morgan fingerprint density at radius 2 is 1.22 bits per heavy atom. The van der Waals surface area contributed by atoms with Crippen LogP contribution in [0.15, 0.2) is 196 Å². The van der Waals surface area contributed by atoms with Crippen molar-refractivity contribution in [2.45, 2.75) is 9.79 Å². The van der Waals surface area contributed by atoms with E-state index in [-0.39, 0.29) is 0 Å². The molecule has 12 aromatic rings. The van der Waals surface area contributed by atoms with Crippen molar-refractivity contribution in [1.29, 1.82) is 0 Å². The van der Waals surface area contributed by atoms with Crippen molar-refractivity contribution in [3.63, 3.8) is 0 Å². The first-order valence-corrected chi connectivity index (χ1v) is 20.3. The smallest absolute Gasteiger partial charge is 0.180 e. The lowest BCUT2D eigenvalue weighted by Gasteiger charge is -2.23. The second kappa shape index (κ2) is 12.0. The summed E-state index contributed by atoms with van der Waals surface area (Å²) in [6.07, 6.45) is 0. The number of hydrogen-bond acceptors (Lipinski definition) is 4. The topological polar surface area (TPSA) is 48.8 Å². The van der Waals surface area contributed by atoms with Crippen LogP contribution < -0.4 is 0 Å². The van der Waals surface area contributed by atoms with E-state index in [9.17, 15) is 0 Å². The van der Waals surface area contributed by atoms with Crippen molar-refractivity contribution >= 4 is 77.4 Å². The highest BCUT2D eigenvalue weighted by Crippen LogP contribution is 2.52. The van der Waals surface area contributed by atoms with E-state index in [0.29, 0.717) is 11.4 Å². The fraction of sp³-hybridized carbons (Fsp3) is 0. The van der Waals surface area contributed by atoms with Crippen LogP contribution >= 0.6 is 11.8 Å². The first-order chi connectivity index (χ1) is 28.8. The molecule has 0 spiro atoms. The number of para-hydroxylation sites is 4. The van der Waals surface area contributed by atoms with Gasteiger partial charge in [-0.25, -0.2) is 9.97 Å². The molecule has 5 heterocycles. The predicted octanol–water partition coefficient (Wildman–Crippen LogP) is 14.0.